The van der Waals surface area contributed by atoms with Gasteiger partial charge < -0.3 is 9.42 Å². The topological polar surface area (TPSA) is 98.5 Å². The van der Waals surface area contributed by atoms with E-state index < -0.39 is 5.69 Å². The van der Waals surface area contributed by atoms with Gasteiger partial charge in [-0.15, -0.1) is 5.10 Å². The molecule has 0 bridgehead atoms. The predicted molar refractivity (Wildman–Crippen MR) is 115 cm³/mol. The Morgan fingerprint density at radius 1 is 1.23 bits per heavy atom. The van der Waals surface area contributed by atoms with Crippen LogP contribution < -0.4 is 5.69 Å². The maximum absolute atomic E-state index is 12.8. The van der Waals surface area contributed by atoms with E-state index in [1.165, 1.54) is 9.08 Å². The van der Waals surface area contributed by atoms with Crippen LogP contribution in [0.2, 0.25) is 0 Å². The van der Waals surface area contributed by atoms with Crippen LogP contribution in [0.3, 0.4) is 0 Å². The van der Waals surface area contributed by atoms with Gasteiger partial charge in [-0.25, -0.2) is 13.9 Å². The average Bonchev–Trinajstić information content (AvgIpc) is 3.37. The standard InChI is InChI=1S/C22H24N6O3/c1-4-5-11-26(3)18(29)14-28-22(30)27-12-7-10-17(20(27)24-28)21-23-19(25-31-21)16-9-6-8-15(2)13-16/h6-10,12-13H,4-5,11,14H2,1-3H3. The molecular formula is C22H24N6O3. The summed E-state index contributed by atoms with van der Waals surface area (Å²) in [6.45, 7) is 4.57. The molecule has 1 aromatic carbocycles. The second-order valence-corrected chi connectivity index (χ2v) is 7.52. The number of hydrogen-bond donors (Lipinski definition) is 0. The van der Waals surface area contributed by atoms with Gasteiger partial charge >= 0.3 is 5.69 Å². The molecular weight excluding hydrogens is 396 g/mol. The number of carbonyl (C=O) groups excluding carboxylic acids is 1. The lowest BCUT2D eigenvalue weighted by atomic mass is 10.1. The third kappa shape index (κ3) is 4.11. The van der Waals surface area contributed by atoms with E-state index in [2.05, 4.69) is 22.2 Å². The van der Waals surface area contributed by atoms with Crippen molar-refractivity contribution in [1.29, 1.82) is 0 Å². The Hall–Kier alpha value is -3.75. The first-order valence-electron chi connectivity index (χ1n) is 10.2. The van der Waals surface area contributed by atoms with Gasteiger partial charge in [0.1, 0.15) is 6.54 Å². The van der Waals surface area contributed by atoms with Gasteiger partial charge in [0.05, 0.1) is 5.56 Å². The highest BCUT2D eigenvalue weighted by molar-refractivity contribution is 5.76. The van der Waals surface area contributed by atoms with Gasteiger partial charge in [0, 0.05) is 25.4 Å². The zero-order valence-electron chi connectivity index (χ0n) is 17.8. The van der Waals surface area contributed by atoms with Gasteiger partial charge in [-0.3, -0.25) is 4.79 Å². The molecule has 9 heteroatoms. The molecule has 9 nitrogen and oxygen atoms in total. The lowest BCUT2D eigenvalue weighted by molar-refractivity contribution is -0.130. The van der Waals surface area contributed by atoms with E-state index in [4.69, 9.17) is 4.52 Å². The minimum absolute atomic E-state index is 0.126. The van der Waals surface area contributed by atoms with Crippen LogP contribution in [-0.2, 0) is 11.3 Å². The number of aryl methyl sites for hydroxylation is 1. The molecule has 0 saturated heterocycles. The summed E-state index contributed by atoms with van der Waals surface area (Å²) in [5.41, 5.74) is 2.41. The Bertz CT molecular complexity index is 1290. The molecule has 0 fully saturated rings. The van der Waals surface area contributed by atoms with Crippen molar-refractivity contribution >= 4 is 11.6 Å². The maximum Gasteiger partial charge on any atom is 0.350 e. The molecule has 160 valence electrons. The smallest absolute Gasteiger partial charge is 0.344 e. The zero-order valence-corrected chi connectivity index (χ0v) is 17.8. The highest BCUT2D eigenvalue weighted by Gasteiger charge is 2.19. The molecule has 31 heavy (non-hydrogen) atoms. The molecule has 0 N–H and O–H groups in total. The summed E-state index contributed by atoms with van der Waals surface area (Å²) in [5.74, 6) is 0.542. The van der Waals surface area contributed by atoms with E-state index >= 15 is 0 Å². The van der Waals surface area contributed by atoms with E-state index in [0.29, 0.717) is 23.6 Å². The second kappa shape index (κ2) is 8.55. The van der Waals surface area contributed by atoms with Crippen molar-refractivity contribution in [2.24, 2.45) is 0 Å². The first-order valence-corrected chi connectivity index (χ1v) is 10.2. The zero-order chi connectivity index (χ0) is 22.0. The summed E-state index contributed by atoms with van der Waals surface area (Å²) in [6, 6.07) is 11.3. The monoisotopic (exact) mass is 420 g/mol. The average molecular weight is 420 g/mol. The van der Waals surface area contributed by atoms with Crippen molar-refractivity contribution < 1.29 is 9.32 Å². The number of pyridine rings is 1. The molecule has 0 aliphatic heterocycles. The van der Waals surface area contributed by atoms with Crippen LogP contribution in [0.5, 0.6) is 0 Å². The van der Waals surface area contributed by atoms with E-state index in [1.807, 2.05) is 31.2 Å². The highest BCUT2D eigenvalue weighted by Crippen LogP contribution is 2.24. The summed E-state index contributed by atoms with van der Waals surface area (Å²) in [5, 5.41) is 8.45. The van der Waals surface area contributed by atoms with Crippen molar-refractivity contribution in [3.63, 3.8) is 0 Å². The fourth-order valence-corrected chi connectivity index (χ4v) is 3.31. The molecule has 0 spiro atoms. The van der Waals surface area contributed by atoms with Gasteiger partial charge in [-0.1, -0.05) is 42.3 Å². The Morgan fingerprint density at radius 2 is 2.06 bits per heavy atom. The molecule has 0 aliphatic carbocycles. The third-order valence-corrected chi connectivity index (χ3v) is 5.10. The van der Waals surface area contributed by atoms with Gasteiger partial charge in [0.2, 0.25) is 11.7 Å². The first-order chi connectivity index (χ1) is 15.0. The third-order valence-electron chi connectivity index (χ3n) is 5.10. The normalized spacial score (nSPS) is 11.2. The number of aromatic nitrogens is 5. The largest absolute Gasteiger partial charge is 0.350 e. The number of nitrogens with zero attached hydrogens (tertiary/aromatic N) is 6. The Kier molecular flexibility index (Phi) is 5.66. The number of unbranched alkanes of at least 4 members (excludes halogenated alkanes) is 1. The number of likely N-dealkylation sites (N-methyl/N-ethyl adjacent to an activating group) is 1. The lowest BCUT2D eigenvalue weighted by Gasteiger charge is -2.15. The van der Waals surface area contributed by atoms with Gasteiger partial charge in [-0.05, 0) is 31.5 Å². The number of rotatable bonds is 7. The van der Waals surface area contributed by atoms with Gasteiger partial charge in [0.25, 0.3) is 5.89 Å². The van der Waals surface area contributed by atoms with E-state index in [-0.39, 0.29) is 18.3 Å². The molecule has 0 aliphatic rings. The van der Waals surface area contributed by atoms with Crippen LogP contribution in [0.25, 0.3) is 28.5 Å². The summed E-state index contributed by atoms with van der Waals surface area (Å²) < 4.78 is 8.01. The fraction of sp³-hybridized carbons (Fsp3) is 0.318. The predicted octanol–water partition coefficient (Wildman–Crippen LogP) is 2.78. The van der Waals surface area contributed by atoms with Crippen molar-refractivity contribution in [3.8, 4) is 22.8 Å². The van der Waals surface area contributed by atoms with Crippen LogP contribution in [0.4, 0.5) is 0 Å². The molecule has 3 aromatic heterocycles. The van der Waals surface area contributed by atoms with Crippen LogP contribution in [0.15, 0.2) is 51.9 Å². The Labute approximate surface area is 178 Å². The minimum atomic E-state index is -0.396. The van der Waals surface area contributed by atoms with Crippen LogP contribution in [-0.4, -0.2) is 48.7 Å². The van der Waals surface area contributed by atoms with Crippen LogP contribution in [0, 0.1) is 6.92 Å². The highest BCUT2D eigenvalue weighted by atomic mass is 16.5. The number of carbonyl (C=O) groups is 1. The van der Waals surface area contributed by atoms with Crippen molar-refractivity contribution in [2.45, 2.75) is 33.2 Å². The fourth-order valence-electron chi connectivity index (χ4n) is 3.31. The lowest BCUT2D eigenvalue weighted by Crippen LogP contribution is -2.34. The van der Waals surface area contributed by atoms with Crippen molar-refractivity contribution in [1.82, 2.24) is 29.2 Å². The van der Waals surface area contributed by atoms with Crippen molar-refractivity contribution in [2.75, 3.05) is 13.6 Å². The number of hydrogen-bond acceptors (Lipinski definition) is 6. The molecule has 0 radical (unpaired) electrons. The molecule has 0 atom stereocenters. The van der Waals surface area contributed by atoms with E-state index in [9.17, 15) is 9.59 Å². The summed E-state index contributed by atoms with van der Waals surface area (Å²) in [7, 11) is 1.73. The number of benzene rings is 1. The molecule has 0 saturated carbocycles. The molecule has 4 rings (SSSR count). The van der Waals surface area contributed by atoms with Crippen molar-refractivity contribution in [3.05, 3.63) is 58.6 Å². The van der Waals surface area contributed by atoms with E-state index in [1.54, 1.807) is 30.3 Å². The molecule has 0 unspecified atom stereocenters. The number of amides is 1. The quantitative estimate of drug-likeness (QED) is 0.456. The first kappa shape index (κ1) is 20.5. The Morgan fingerprint density at radius 3 is 2.84 bits per heavy atom. The van der Waals surface area contributed by atoms with E-state index in [0.717, 1.165) is 24.0 Å². The van der Waals surface area contributed by atoms with Crippen LogP contribution >= 0.6 is 0 Å². The second-order valence-electron chi connectivity index (χ2n) is 7.52. The Balaban J connectivity index is 1.67. The molecule has 3 heterocycles. The summed E-state index contributed by atoms with van der Waals surface area (Å²) >= 11 is 0. The van der Waals surface area contributed by atoms with Gasteiger partial charge in [-0.2, -0.15) is 4.98 Å². The number of fused-ring (bicyclic) bond motifs is 1. The van der Waals surface area contributed by atoms with Crippen LogP contribution in [0.1, 0.15) is 25.3 Å². The maximum atomic E-state index is 12.8. The summed E-state index contributed by atoms with van der Waals surface area (Å²) in [4.78, 5) is 31.3. The SMILES string of the molecule is CCCCN(C)C(=O)Cn1nc2c(-c3nc(-c4cccc(C)c4)no3)cccn2c1=O. The van der Waals surface area contributed by atoms with Gasteiger partial charge in [0.15, 0.2) is 5.65 Å². The molecule has 1 amide bonds. The molecule has 4 aromatic rings. The minimum Gasteiger partial charge on any atom is -0.344 e. The summed E-state index contributed by atoms with van der Waals surface area (Å²) in [6.07, 6.45) is 3.50.